The molecule has 1 rings (SSSR count). The highest BCUT2D eigenvalue weighted by Gasteiger charge is 2.28. The Bertz CT molecular complexity index is 230. The summed E-state index contributed by atoms with van der Waals surface area (Å²) in [6.07, 6.45) is 5.08. The van der Waals surface area contributed by atoms with Gasteiger partial charge in [0.1, 0.15) is 0 Å². The molecular formula is C13H26N2O. The van der Waals surface area contributed by atoms with Crippen molar-refractivity contribution >= 4 is 5.91 Å². The average molecular weight is 226 g/mol. The summed E-state index contributed by atoms with van der Waals surface area (Å²) in [5, 5.41) is 3.50. The Labute approximate surface area is 99.6 Å². The number of hydrogen-bond acceptors (Lipinski definition) is 2. The van der Waals surface area contributed by atoms with Crippen LogP contribution in [0.25, 0.3) is 0 Å². The van der Waals surface area contributed by atoms with Gasteiger partial charge in [-0.05, 0) is 32.6 Å². The first kappa shape index (κ1) is 13.5. The fraction of sp³-hybridized carbons (Fsp3) is 0.923. The molecule has 1 amide bonds. The molecular weight excluding hydrogens is 200 g/mol. The van der Waals surface area contributed by atoms with Crippen LogP contribution in [-0.4, -0.2) is 36.5 Å². The van der Waals surface area contributed by atoms with E-state index in [-0.39, 0.29) is 11.9 Å². The minimum absolute atomic E-state index is 0.0397. The highest BCUT2D eigenvalue weighted by Crippen LogP contribution is 2.28. The second-order valence-electron chi connectivity index (χ2n) is 4.95. The zero-order valence-electron chi connectivity index (χ0n) is 11.1. The molecule has 0 saturated heterocycles. The van der Waals surface area contributed by atoms with E-state index in [9.17, 15) is 4.79 Å². The Hall–Kier alpha value is -0.570. The van der Waals surface area contributed by atoms with Crippen molar-refractivity contribution in [2.45, 2.75) is 58.5 Å². The van der Waals surface area contributed by atoms with E-state index in [2.05, 4.69) is 12.2 Å². The SMILES string of the molecule is CCC1CCCC1NC(C)C(=O)N(C)CC. The number of nitrogens with zero attached hydrogens (tertiary/aromatic N) is 1. The monoisotopic (exact) mass is 226 g/mol. The Morgan fingerprint density at radius 1 is 1.44 bits per heavy atom. The smallest absolute Gasteiger partial charge is 0.239 e. The zero-order chi connectivity index (χ0) is 12.1. The Balaban J connectivity index is 2.44. The second-order valence-corrected chi connectivity index (χ2v) is 4.95. The molecule has 1 aliphatic carbocycles. The molecule has 0 radical (unpaired) electrons. The Morgan fingerprint density at radius 2 is 2.12 bits per heavy atom. The van der Waals surface area contributed by atoms with Gasteiger partial charge >= 0.3 is 0 Å². The number of nitrogens with one attached hydrogen (secondary N) is 1. The zero-order valence-corrected chi connectivity index (χ0v) is 11.1. The highest BCUT2D eigenvalue weighted by atomic mass is 16.2. The lowest BCUT2D eigenvalue weighted by atomic mass is 10.00. The van der Waals surface area contributed by atoms with Crippen LogP contribution >= 0.6 is 0 Å². The van der Waals surface area contributed by atoms with Gasteiger partial charge < -0.3 is 10.2 Å². The first-order valence-corrected chi connectivity index (χ1v) is 6.61. The molecule has 3 unspecified atom stereocenters. The molecule has 0 aromatic rings. The summed E-state index contributed by atoms with van der Waals surface area (Å²) < 4.78 is 0. The quantitative estimate of drug-likeness (QED) is 0.778. The van der Waals surface area contributed by atoms with Crippen molar-refractivity contribution in [2.24, 2.45) is 5.92 Å². The van der Waals surface area contributed by atoms with Gasteiger partial charge in [0.05, 0.1) is 6.04 Å². The van der Waals surface area contributed by atoms with Crippen LogP contribution in [-0.2, 0) is 4.79 Å². The van der Waals surface area contributed by atoms with Crippen molar-refractivity contribution in [1.29, 1.82) is 0 Å². The van der Waals surface area contributed by atoms with Crippen LogP contribution in [0.5, 0.6) is 0 Å². The Kier molecular flexibility index (Phi) is 5.26. The van der Waals surface area contributed by atoms with Gasteiger partial charge in [0, 0.05) is 19.6 Å². The van der Waals surface area contributed by atoms with E-state index in [1.54, 1.807) is 4.90 Å². The molecule has 1 aliphatic rings. The Morgan fingerprint density at radius 3 is 2.69 bits per heavy atom. The number of carbonyl (C=O) groups excluding carboxylic acids is 1. The minimum atomic E-state index is -0.0397. The van der Waals surface area contributed by atoms with Gasteiger partial charge in [-0.2, -0.15) is 0 Å². The summed E-state index contributed by atoms with van der Waals surface area (Å²) in [5.74, 6) is 0.978. The number of amides is 1. The summed E-state index contributed by atoms with van der Waals surface area (Å²) in [7, 11) is 1.87. The van der Waals surface area contributed by atoms with Crippen LogP contribution in [0.2, 0.25) is 0 Å². The molecule has 0 aromatic carbocycles. The molecule has 0 heterocycles. The van der Waals surface area contributed by atoms with Crippen LogP contribution in [0, 0.1) is 5.92 Å². The van der Waals surface area contributed by atoms with E-state index >= 15 is 0 Å². The summed E-state index contributed by atoms with van der Waals surface area (Å²) in [6, 6.07) is 0.510. The maximum Gasteiger partial charge on any atom is 0.239 e. The van der Waals surface area contributed by atoms with Gasteiger partial charge in [-0.25, -0.2) is 0 Å². The van der Waals surface area contributed by atoms with E-state index in [1.165, 1.54) is 25.7 Å². The predicted octanol–water partition coefficient (Wildman–Crippen LogP) is 2.02. The van der Waals surface area contributed by atoms with Crippen LogP contribution in [0.15, 0.2) is 0 Å². The summed E-state index contributed by atoms with van der Waals surface area (Å²) >= 11 is 0. The maximum absolute atomic E-state index is 11.9. The summed E-state index contributed by atoms with van der Waals surface area (Å²) in [4.78, 5) is 13.7. The van der Waals surface area contributed by atoms with Gasteiger partial charge in [0.15, 0.2) is 0 Å². The van der Waals surface area contributed by atoms with Crippen LogP contribution in [0.3, 0.4) is 0 Å². The van der Waals surface area contributed by atoms with Crippen molar-refractivity contribution in [1.82, 2.24) is 10.2 Å². The molecule has 3 heteroatoms. The lowest BCUT2D eigenvalue weighted by Gasteiger charge is -2.26. The molecule has 1 fully saturated rings. The van der Waals surface area contributed by atoms with Crippen molar-refractivity contribution in [2.75, 3.05) is 13.6 Å². The van der Waals surface area contributed by atoms with E-state index in [1.807, 2.05) is 20.9 Å². The molecule has 0 aromatic heterocycles. The van der Waals surface area contributed by atoms with Crippen molar-refractivity contribution in [3.63, 3.8) is 0 Å². The molecule has 0 aliphatic heterocycles. The molecule has 1 N–H and O–H groups in total. The van der Waals surface area contributed by atoms with Crippen LogP contribution in [0.4, 0.5) is 0 Å². The van der Waals surface area contributed by atoms with Gasteiger partial charge in [0.2, 0.25) is 5.91 Å². The van der Waals surface area contributed by atoms with Gasteiger partial charge in [-0.1, -0.05) is 19.8 Å². The topological polar surface area (TPSA) is 32.3 Å². The largest absolute Gasteiger partial charge is 0.345 e. The fourth-order valence-corrected chi connectivity index (χ4v) is 2.62. The van der Waals surface area contributed by atoms with Crippen molar-refractivity contribution < 1.29 is 4.79 Å². The van der Waals surface area contributed by atoms with Gasteiger partial charge in [-0.3, -0.25) is 4.79 Å². The second kappa shape index (κ2) is 6.24. The standard InChI is InChI=1S/C13H26N2O/c1-5-11-8-7-9-12(11)14-10(3)13(16)15(4)6-2/h10-12,14H,5-9H2,1-4H3. The molecule has 16 heavy (non-hydrogen) atoms. The van der Waals surface area contributed by atoms with Crippen LogP contribution < -0.4 is 5.32 Å². The normalized spacial score (nSPS) is 26.8. The maximum atomic E-state index is 11.9. The van der Waals surface area contributed by atoms with E-state index in [4.69, 9.17) is 0 Å². The summed E-state index contributed by atoms with van der Waals surface area (Å²) in [5.41, 5.74) is 0. The molecule has 3 nitrogen and oxygen atoms in total. The van der Waals surface area contributed by atoms with E-state index in [0.717, 1.165) is 12.5 Å². The molecule has 0 bridgehead atoms. The number of likely N-dealkylation sites (N-methyl/N-ethyl adjacent to an activating group) is 1. The number of hydrogen-bond donors (Lipinski definition) is 1. The first-order valence-electron chi connectivity index (χ1n) is 6.61. The third kappa shape index (κ3) is 3.21. The third-order valence-corrected chi connectivity index (χ3v) is 3.87. The van der Waals surface area contributed by atoms with E-state index < -0.39 is 0 Å². The molecule has 94 valence electrons. The van der Waals surface area contributed by atoms with E-state index in [0.29, 0.717) is 6.04 Å². The van der Waals surface area contributed by atoms with Gasteiger partial charge in [0.25, 0.3) is 0 Å². The number of rotatable bonds is 5. The lowest BCUT2D eigenvalue weighted by Crippen LogP contribution is -2.48. The average Bonchev–Trinajstić information content (AvgIpc) is 2.74. The third-order valence-electron chi connectivity index (χ3n) is 3.87. The lowest BCUT2D eigenvalue weighted by molar-refractivity contribution is -0.131. The number of carbonyl (C=O) groups is 1. The predicted molar refractivity (Wildman–Crippen MR) is 67.3 cm³/mol. The minimum Gasteiger partial charge on any atom is -0.345 e. The van der Waals surface area contributed by atoms with Crippen molar-refractivity contribution in [3.8, 4) is 0 Å². The van der Waals surface area contributed by atoms with Gasteiger partial charge in [-0.15, -0.1) is 0 Å². The first-order chi connectivity index (χ1) is 7.60. The van der Waals surface area contributed by atoms with Crippen LogP contribution in [0.1, 0.15) is 46.5 Å². The molecule has 0 spiro atoms. The highest BCUT2D eigenvalue weighted by molar-refractivity contribution is 5.81. The summed E-state index contributed by atoms with van der Waals surface area (Å²) in [6.45, 7) is 7.02. The molecule has 3 atom stereocenters. The molecule has 1 saturated carbocycles. The van der Waals surface area contributed by atoms with Crippen molar-refractivity contribution in [3.05, 3.63) is 0 Å². The fourth-order valence-electron chi connectivity index (χ4n) is 2.62.